The number of halogens is 2. The molecule has 0 spiro atoms. The molecule has 7 heteroatoms. The van der Waals surface area contributed by atoms with Gasteiger partial charge in [0.2, 0.25) is 0 Å². The molecular weight excluding hydrogens is 301 g/mol. The van der Waals surface area contributed by atoms with Crippen molar-refractivity contribution in [3.05, 3.63) is 57.9 Å². The number of hydrogen-bond acceptors (Lipinski definition) is 4. The third kappa shape index (κ3) is 3.41. The van der Waals surface area contributed by atoms with E-state index in [1.807, 2.05) is 0 Å². The molecule has 0 amide bonds. The molecule has 0 aliphatic carbocycles. The Morgan fingerprint density at radius 2 is 1.90 bits per heavy atom. The van der Waals surface area contributed by atoms with Gasteiger partial charge in [-0.15, -0.1) is 11.6 Å². The van der Waals surface area contributed by atoms with Crippen molar-refractivity contribution in [2.24, 2.45) is 0 Å². The van der Waals surface area contributed by atoms with Gasteiger partial charge in [-0.2, -0.15) is 0 Å². The Labute approximate surface area is 125 Å². The first-order valence-electron chi connectivity index (χ1n) is 5.90. The predicted molar refractivity (Wildman–Crippen MR) is 75.7 cm³/mol. The monoisotopic (exact) mass is 311 g/mol. The maximum atomic E-state index is 13.9. The zero-order chi connectivity index (χ0) is 15.4. The number of benzene rings is 2. The SMILES string of the molecule is COc1ccc([N+](=O)[O-])cc1Oc1ccc(CCl)cc1F. The minimum atomic E-state index is -0.610. The Hall–Kier alpha value is -2.34. The van der Waals surface area contributed by atoms with E-state index >= 15 is 0 Å². The number of hydrogen-bond donors (Lipinski definition) is 0. The van der Waals surface area contributed by atoms with E-state index in [1.54, 1.807) is 6.07 Å². The second kappa shape index (κ2) is 6.41. The number of rotatable bonds is 5. The van der Waals surface area contributed by atoms with Gasteiger partial charge in [0.15, 0.2) is 23.1 Å². The van der Waals surface area contributed by atoms with E-state index in [4.69, 9.17) is 21.1 Å². The number of nitro benzene ring substituents is 1. The molecule has 0 saturated heterocycles. The van der Waals surface area contributed by atoms with Crippen LogP contribution in [0.3, 0.4) is 0 Å². The molecule has 0 aliphatic rings. The van der Waals surface area contributed by atoms with Gasteiger partial charge in [0.05, 0.1) is 18.1 Å². The summed E-state index contributed by atoms with van der Waals surface area (Å²) in [6, 6.07) is 8.09. The first-order valence-corrected chi connectivity index (χ1v) is 6.43. The van der Waals surface area contributed by atoms with Gasteiger partial charge in [0.1, 0.15) is 0 Å². The first-order chi connectivity index (χ1) is 10.0. The van der Waals surface area contributed by atoms with Crippen LogP contribution in [0.1, 0.15) is 5.56 Å². The third-order valence-corrected chi connectivity index (χ3v) is 3.04. The molecule has 5 nitrogen and oxygen atoms in total. The number of alkyl halides is 1. The zero-order valence-corrected chi connectivity index (χ0v) is 11.8. The summed E-state index contributed by atoms with van der Waals surface area (Å²) in [5.74, 6) is -0.174. The quantitative estimate of drug-likeness (QED) is 0.470. The summed E-state index contributed by atoms with van der Waals surface area (Å²) in [7, 11) is 1.39. The van der Waals surface area contributed by atoms with E-state index in [0.717, 1.165) is 0 Å². The van der Waals surface area contributed by atoms with Gasteiger partial charge in [-0.05, 0) is 23.8 Å². The summed E-state index contributed by atoms with van der Waals surface area (Å²) in [5, 5.41) is 10.8. The number of nitro groups is 1. The minimum Gasteiger partial charge on any atom is -0.493 e. The number of methoxy groups -OCH3 is 1. The van der Waals surface area contributed by atoms with Crippen molar-refractivity contribution >= 4 is 17.3 Å². The second-order valence-corrected chi connectivity index (χ2v) is 4.36. The summed E-state index contributed by atoms with van der Waals surface area (Å²) in [6.07, 6.45) is 0. The van der Waals surface area contributed by atoms with Crippen LogP contribution in [0.5, 0.6) is 17.2 Å². The van der Waals surface area contributed by atoms with Gasteiger partial charge in [0, 0.05) is 11.9 Å². The normalized spacial score (nSPS) is 10.2. The molecule has 2 aromatic carbocycles. The molecule has 0 unspecified atom stereocenters. The number of ether oxygens (including phenoxy) is 2. The second-order valence-electron chi connectivity index (χ2n) is 4.09. The summed E-state index contributed by atoms with van der Waals surface area (Å²) in [4.78, 5) is 10.2. The first kappa shape index (κ1) is 15.1. The Kier molecular flexibility index (Phi) is 4.59. The maximum absolute atomic E-state index is 13.9. The maximum Gasteiger partial charge on any atom is 0.273 e. The highest BCUT2D eigenvalue weighted by Gasteiger charge is 2.15. The molecule has 0 N–H and O–H groups in total. The highest BCUT2D eigenvalue weighted by atomic mass is 35.5. The van der Waals surface area contributed by atoms with Crippen LogP contribution in [0.25, 0.3) is 0 Å². The number of non-ortho nitro benzene ring substituents is 1. The molecule has 0 atom stereocenters. The minimum absolute atomic E-state index is 0.0595. The van der Waals surface area contributed by atoms with Crippen LogP contribution in [0.4, 0.5) is 10.1 Å². The van der Waals surface area contributed by atoms with E-state index in [1.165, 1.54) is 37.4 Å². The lowest BCUT2D eigenvalue weighted by atomic mass is 10.2. The summed E-state index contributed by atoms with van der Waals surface area (Å²) < 4.78 is 24.3. The van der Waals surface area contributed by atoms with Crippen LogP contribution in [0, 0.1) is 15.9 Å². The topological polar surface area (TPSA) is 61.6 Å². The molecule has 0 bridgehead atoms. The molecule has 0 fully saturated rings. The molecule has 110 valence electrons. The summed E-state index contributed by atoms with van der Waals surface area (Å²) in [6.45, 7) is 0. The molecule has 21 heavy (non-hydrogen) atoms. The average Bonchev–Trinajstić information content (AvgIpc) is 2.49. The summed E-state index contributed by atoms with van der Waals surface area (Å²) in [5.41, 5.74) is 0.427. The Balaban J connectivity index is 2.38. The van der Waals surface area contributed by atoms with Gasteiger partial charge in [-0.3, -0.25) is 10.1 Å². The average molecular weight is 312 g/mol. The molecule has 2 aromatic rings. The molecule has 0 radical (unpaired) electrons. The van der Waals surface area contributed by atoms with Gasteiger partial charge in [-0.25, -0.2) is 4.39 Å². The predicted octanol–water partition coefficient (Wildman–Crippen LogP) is 4.27. The van der Waals surface area contributed by atoms with Crippen LogP contribution >= 0.6 is 11.6 Å². The highest BCUT2D eigenvalue weighted by Crippen LogP contribution is 2.35. The Morgan fingerprint density at radius 1 is 1.19 bits per heavy atom. The Morgan fingerprint density at radius 3 is 2.48 bits per heavy atom. The molecule has 0 heterocycles. The van der Waals surface area contributed by atoms with Crippen LogP contribution in [0.2, 0.25) is 0 Å². The lowest BCUT2D eigenvalue weighted by Gasteiger charge is -2.11. The zero-order valence-electron chi connectivity index (χ0n) is 11.0. The van der Waals surface area contributed by atoms with E-state index in [9.17, 15) is 14.5 Å². The summed E-state index contributed by atoms with van der Waals surface area (Å²) >= 11 is 5.61. The molecule has 0 aliphatic heterocycles. The highest BCUT2D eigenvalue weighted by molar-refractivity contribution is 6.17. The van der Waals surface area contributed by atoms with E-state index in [-0.39, 0.29) is 28.8 Å². The smallest absolute Gasteiger partial charge is 0.273 e. The molecular formula is C14H11ClFNO4. The molecule has 2 rings (SSSR count). The van der Waals surface area contributed by atoms with E-state index in [0.29, 0.717) is 5.56 Å². The van der Waals surface area contributed by atoms with Gasteiger partial charge < -0.3 is 9.47 Å². The third-order valence-electron chi connectivity index (χ3n) is 2.73. The standard InChI is InChI=1S/C14H11ClFNO4/c1-20-13-5-3-10(17(18)19)7-14(13)21-12-4-2-9(8-15)6-11(12)16/h2-7H,8H2,1H3. The van der Waals surface area contributed by atoms with Crippen molar-refractivity contribution in [1.29, 1.82) is 0 Å². The van der Waals surface area contributed by atoms with E-state index in [2.05, 4.69) is 0 Å². The van der Waals surface area contributed by atoms with Crippen molar-refractivity contribution in [3.8, 4) is 17.2 Å². The van der Waals surface area contributed by atoms with Crippen molar-refractivity contribution < 1.29 is 18.8 Å². The van der Waals surface area contributed by atoms with Crippen LogP contribution in [-0.4, -0.2) is 12.0 Å². The van der Waals surface area contributed by atoms with Gasteiger partial charge in [-0.1, -0.05) is 6.07 Å². The van der Waals surface area contributed by atoms with E-state index < -0.39 is 10.7 Å². The molecule has 0 aromatic heterocycles. The Bertz CT molecular complexity index is 678. The lowest BCUT2D eigenvalue weighted by molar-refractivity contribution is -0.384. The van der Waals surface area contributed by atoms with Gasteiger partial charge >= 0.3 is 0 Å². The van der Waals surface area contributed by atoms with Crippen LogP contribution in [-0.2, 0) is 5.88 Å². The van der Waals surface area contributed by atoms with Crippen molar-refractivity contribution in [1.82, 2.24) is 0 Å². The molecule has 0 saturated carbocycles. The van der Waals surface area contributed by atoms with Crippen LogP contribution in [0.15, 0.2) is 36.4 Å². The largest absolute Gasteiger partial charge is 0.493 e. The fraction of sp³-hybridized carbons (Fsp3) is 0.143. The lowest BCUT2D eigenvalue weighted by Crippen LogP contribution is -1.95. The van der Waals surface area contributed by atoms with Crippen molar-refractivity contribution in [3.63, 3.8) is 0 Å². The fourth-order valence-corrected chi connectivity index (χ4v) is 1.85. The van der Waals surface area contributed by atoms with Crippen LogP contribution < -0.4 is 9.47 Å². The fourth-order valence-electron chi connectivity index (χ4n) is 1.69. The van der Waals surface area contributed by atoms with Crippen molar-refractivity contribution in [2.45, 2.75) is 5.88 Å². The van der Waals surface area contributed by atoms with Gasteiger partial charge in [0.25, 0.3) is 5.69 Å². The van der Waals surface area contributed by atoms with Crippen molar-refractivity contribution in [2.75, 3.05) is 7.11 Å². The number of nitrogens with zero attached hydrogens (tertiary/aromatic N) is 1.